The Morgan fingerprint density at radius 3 is 2.39 bits per heavy atom. The Balaban J connectivity index is 1.79. The van der Waals surface area contributed by atoms with Crippen LogP contribution in [-0.4, -0.2) is 116 Å². The van der Waals surface area contributed by atoms with Gasteiger partial charge in [0, 0.05) is 37.8 Å². The van der Waals surface area contributed by atoms with Crippen LogP contribution in [0.15, 0.2) is 41.8 Å². The number of aliphatic imine (C=N–C) groups is 1. The van der Waals surface area contributed by atoms with Crippen molar-refractivity contribution in [1.29, 1.82) is 0 Å². The molecule has 1 fully saturated rings. The lowest BCUT2D eigenvalue weighted by Crippen LogP contribution is -2.58. The lowest BCUT2D eigenvalue weighted by molar-refractivity contribution is -0.145. The van der Waals surface area contributed by atoms with Gasteiger partial charge in [0.15, 0.2) is 5.96 Å². The summed E-state index contributed by atoms with van der Waals surface area (Å²) in [6, 6.07) is 0.564. The second kappa shape index (κ2) is 19.2. The summed E-state index contributed by atoms with van der Waals surface area (Å²) >= 11 is 1.53. The van der Waals surface area contributed by atoms with Gasteiger partial charge in [0.1, 0.15) is 29.9 Å². The predicted molar refractivity (Wildman–Crippen MR) is 183 cm³/mol. The summed E-state index contributed by atoms with van der Waals surface area (Å²) in [4.78, 5) is 78.3. The van der Waals surface area contributed by atoms with Gasteiger partial charge in [-0.25, -0.2) is 9.78 Å². The first-order valence-corrected chi connectivity index (χ1v) is 17.3. The maximum absolute atomic E-state index is 14.0. The van der Waals surface area contributed by atoms with E-state index in [0.29, 0.717) is 36.3 Å². The van der Waals surface area contributed by atoms with Gasteiger partial charge in [0.25, 0.3) is 0 Å². The number of H-pyrrole nitrogens is 1. The third kappa shape index (κ3) is 12.3. The van der Waals surface area contributed by atoms with Crippen LogP contribution in [0.5, 0.6) is 5.75 Å². The van der Waals surface area contributed by atoms with Crippen LogP contribution >= 0.6 is 11.8 Å². The highest BCUT2D eigenvalue weighted by molar-refractivity contribution is 7.98. The van der Waals surface area contributed by atoms with Gasteiger partial charge in [-0.3, -0.25) is 24.2 Å². The molecule has 17 nitrogen and oxygen atoms in total. The second-order valence-corrected chi connectivity index (χ2v) is 12.7. The average Bonchev–Trinajstić information content (AvgIpc) is 3.77. The zero-order valence-corrected chi connectivity index (χ0v) is 28.2. The van der Waals surface area contributed by atoms with Crippen molar-refractivity contribution in [2.45, 2.75) is 75.2 Å². The quantitative estimate of drug-likeness (QED) is 0.0463. The fraction of sp³-hybridized carbons (Fsp3) is 0.516. The van der Waals surface area contributed by atoms with E-state index in [-0.39, 0.29) is 50.5 Å². The van der Waals surface area contributed by atoms with Crippen LogP contribution in [0.25, 0.3) is 0 Å². The second-order valence-electron chi connectivity index (χ2n) is 11.7. The standard InChI is InChI=1S/C31H46N10O7S/c1-49-13-10-21(32)26(43)39-23(15-19-16-35-17-37-19)27(44)38-22(4-2-11-36-31(33)34)29(46)41-12-3-5-25(41)28(45)40-24(30(47)48)14-18-6-8-20(42)9-7-18/h6-9,16-17,21-25,42H,2-5,10-15,32H2,1H3,(H,35,37)(H,38,44)(H,39,43)(H,40,45)(H,47,48)(H4,33,34,36)/t21-,22-,23-,24-,25-/m0/s1. The number of amides is 4. The van der Waals surface area contributed by atoms with Crippen LogP contribution in [0.3, 0.4) is 0 Å². The van der Waals surface area contributed by atoms with Crippen LogP contribution in [0.4, 0.5) is 0 Å². The number of hydrogen-bond acceptors (Lipinski definition) is 10. The van der Waals surface area contributed by atoms with E-state index in [9.17, 15) is 34.2 Å². The maximum atomic E-state index is 14.0. The molecule has 1 aromatic carbocycles. The zero-order valence-electron chi connectivity index (χ0n) is 27.3. The topological polar surface area (TPSA) is 284 Å². The van der Waals surface area contributed by atoms with E-state index in [1.807, 2.05) is 6.26 Å². The highest BCUT2D eigenvalue weighted by atomic mass is 32.2. The molecule has 0 spiro atoms. The number of thioether (sulfide) groups is 1. The van der Waals surface area contributed by atoms with Crippen LogP contribution in [-0.2, 0) is 36.8 Å². The first kappa shape index (κ1) is 38.6. The normalized spacial score (nSPS) is 16.5. The molecule has 1 aliphatic heterocycles. The van der Waals surface area contributed by atoms with Gasteiger partial charge < -0.3 is 53.2 Å². The third-order valence-electron chi connectivity index (χ3n) is 7.97. The lowest BCUT2D eigenvalue weighted by atomic mass is 10.0. The van der Waals surface area contributed by atoms with Crippen molar-refractivity contribution in [1.82, 2.24) is 30.8 Å². The molecule has 49 heavy (non-hydrogen) atoms. The van der Waals surface area contributed by atoms with Gasteiger partial charge in [0.2, 0.25) is 23.6 Å². The van der Waals surface area contributed by atoms with Crippen molar-refractivity contribution in [2.24, 2.45) is 22.2 Å². The number of aromatic nitrogens is 2. The minimum atomic E-state index is -1.29. The molecular formula is C31H46N10O7S. The number of nitrogens with two attached hydrogens (primary N) is 3. The number of hydrogen-bond donors (Lipinski definition) is 9. The van der Waals surface area contributed by atoms with Crippen molar-refractivity contribution in [2.75, 3.05) is 25.1 Å². The van der Waals surface area contributed by atoms with E-state index in [1.54, 1.807) is 12.1 Å². The number of imidazole rings is 1. The van der Waals surface area contributed by atoms with E-state index in [1.165, 1.54) is 41.3 Å². The number of carboxylic acids is 1. The van der Waals surface area contributed by atoms with Crippen molar-refractivity contribution >= 4 is 47.3 Å². The number of rotatable bonds is 19. The Morgan fingerprint density at radius 1 is 1.04 bits per heavy atom. The number of phenolic OH excluding ortho intramolecular Hbond substituents is 1. The first-order valence-electron chi connectivity index (χ1n) is 15.9. The number of aromatic amines is 1. The minimum Gasteiger partial charge on any atom is -0.508 e. The van der Waals surface area contributed by atoms with Gasteiger partial charge in [-0.2, -0.15) is 11.8 Å². The number of carbonyl (C=O) groups is 5. The Morgan fingerprint density at radius 2 is 1.76 bits per heavy atom. The van der Waals surface area contributed by atoms with Gasteiger partial charge in [-0.05, 0) is 61.8 Å². The molecule has 1 saturated heterocycles. The molecule has 0 saturated carbocycles. The molecule has 12 N–H and O–H groups in total. The summed E-state index contributed by atoms with van der Waals surface area (Å²) in [6.07, 6.45) is 6.37. The van der Waals surface area contributed by atoms with Crippen LogP contribution in [0.1, 0.15) is 43.4 Å². The first-order chi connectivity index (χ1) is 23.4. The van der Waals surface area contributed by atoms with E-state index < -0.39 is 59.8 Å². The third-order valence-corrected chi connectivity index (χ3v) is 8.61. The van der Waals surface area contributed by atoms with Crippen molar-refractivity contribution in [3.63, 3.8) is 0 Å². The van der Waals surface area contributed by atoms with Crippen LogP contribution in [0.2, 0.25) is 0 Å². The van der Waals surface area contributed by atoms with Crippen molar-refractivity contribution in [3.05, 3.63) is 48.0 Å². The zero-order chi connectivity index (χ0) is 35.9. The predicted octanol–water partition coefficient (Wildman–Crippen LogP) is -1.44. The van der Waals surface area contributed by atoms with Gasteiger partial charge in [0.05, 0.1) is 12.4 Å². The van der Waals surface area contributed by atoms with Gasteiger partial charge in [-0.1, -0.05) is 12.1 Å². The van der Waals surface area contributed by atoms with Gasteiger partial charge in [-0.15, -0.1) is 0 Å². The fourth-order valence-electron chi connectivity index (χ4n) is 5.35. The molecule has 0 radical (unpaired) electrons. The minimum absolute atomic E-state index is 0.0180. The Hall–Kier alpha value is -4.84. The van der Waals surface area contributed by atoms with E-state index in [4.69, 9.17) is 17.2 Å². The van der Waals surface area contributed by atoms with Crippen LogP contribution < -0.4 is 33.2 Å². The van der Waals surface area contributed by atoms with E-state index in [0.717, 1.165) is 0 Å². The highest BCUT2D eigenvalue weighted by Gasteiger charge is 2.39. The molecule has 268 valence electrons. The number of nitrogens with zero attached hydrogens (tertiary/aromatic N) is 3. The summed E-state index contributed by atoms with van der Waals surface area (Å²) in [5.41, 5.74) is 18.1. The largest absolute Gasteiger partial charge is 0.508 e. The Bertz CT molecular complexity index is 1440. The molecule has 0 unspecified atom stereocenters. The number of aliphatic carboxylic acids is 1. The molecule has 1 aliphatic rings. The SMILES string of the molecule is CSCC[C@H](N)C(=O)N[C@@H](Cc1cnc[nH]1)C(=O)N[C@@H](CCCN=C(N)N)C(=O)N1CCC[C@H]1C(=O)N[C@@H](Cc1ccc(O)cc1)C(=O)O. The molecular weight excluding hydrogens is 656 g/mol. The molecule has 2 heterocycles. The number of benzene rings is 1. The molecule has 3 rings (SSSR count). The monoisotopic (exact) mass is 702 g/mol. The molecule has 18 heteroatoms. The number of nitrogens with one attached hydrogen (secondary N) is 4. The number of carbonyl (C=O) groups excluding carboxylic acids is 4. The fourth-order valence-corrected chi connectivity index (χ4v) is 5.84. The van der Waals surface area contributed by atoms with E-state index >= 15 is 0 Å². The molecule has 2 aromatic rings. The van der Waals surface area contributed by atoms with E-state index in [2.05, 4.69) is 30.9 Å². The summed E-state index contributed by atoms with van der Waals surface area (Å²) < 4.78 is 0. The highest BCUT2D eigenvalue weighted by Crippen LogP contribution is 2.21. The molecule has 4 amide bonds. The number of phenols is 1. The summed E-state index contributed by atoms with van der Waals surface area (Å²) in [6.45, 7) is 0.369. The Labute approximate surface area is 288 Å². The molecule has 5 atom stereocenters. The van der Waals surface area contributed by atoms with Crippen molar-refractivity contribution in [3.8, 4) is 5.75 Å². The Kier molecular flexibility index (Phi) is 15.2. The lowest BCUT2D eigenvalue weighted by Gasteiger charge is -2.30. The number of guanidine groups is 1. The number of aromatic hydroxyl groups is 1. The summed E-state index contributed by atoms with van der Waals surface area (Å²) in [5, 5.41) is 27.4. The molecule has 1 aromatic heterocycles. The number of likely N-dealkylation sites (tertiary alicyclic amines) is 1. The number of carboxylic acid groups (broad SMARTS) is 1. The van der Waals surface area contributed by atoms with Crippen LogP contribution in [0, 0.1) is 0 Å². The smallest absolute Gasteiger partial charge is 0.326 e. The van der Waals surface area contributed by atoms with Gasteiger partial charge >= 0.3 is 5.97 Å². The summed E-state index contributed by atoms with van der Waals surface area (Å²) in [5.74, 6) is -3.11. The summed E-state index contributed by atoms with van der Waals surface area (Å²) in [7, 11) is 0. The molecule has 0 aliphatic carbocycles. The maximum Gasteiger partial charge on any atom is 0.326 e. The van der Waals surface area contributed by atoms with Crippen molar-refractivity contribution < 1.29 is 34.2 Å². The average molecular weight is 703 g/mol. The molecule has 0 bridgehead atoms.